The van der Waals surface area contributed by atoms with Crippen LogP contribution in [0.5, 0.6) is 5.75 Å². The number of hydrogen-bond acceptors (Lipinski definition) is 6. The third kappa shape index (κ3) is 5.79. The molecule has 0 aromatic heterocycles. The molecular formula is C26H29NO5S. The zero-order chi connectivity index (χ0) is 23.4. The van der Waals surface area contributed by atoms with Crippen molar-refractivity contribution in [1.82, 2.24) is 4.90 Å². The van der Waals surface area contributed by atoms with Gasteiger partial charge in [0.25, 0.3) is 0 Å². The molecule has 1 fully saturated rings. The standard InChI is InChI=1S/C26H29NO5S/c1-19(28)24-10-4-5-12-26(24)32-17-23(29)16-27(22-13-14-33(30,31)18-22)15-21-9-6-8-20-7-2-3-11-25(20)21/h2-12,22-23,29H,13-18H2,1H3. The van der Waals surface area contributed by atoms with Crippen molar-refractivity contribution < 1.29 is 23.1 Å². The number of para-hydroxylation sites is 1. The number of benzene rings is 3. The van der Waals surface area contributed by atoms with Crippen LogP contribution in [0.25, 0.3) is 10.8 Å². The van der Waals surface area contributed by atoms with E-state index in [0.717, 1.165) is 16.3 Å². The van der Waals surface area contributed by atoms with E-state index >= 15 is 0 Å². The highest BCUT2D eigenvalue weighted by molar-refractivity contribution is 7.91. The Bertz CT molecular complexity index is 1230. The van der Waals surface area contributed by atoms with Crippen molar-refractivity contribution in [3.63, 3.8) is 0 Å². The lowest BCUT2D eigenvalue weighted by Gasteiger charge is -2.30. The van der Waals surface area contributed by atoms with Crippen molar-refractivity contribution in [3.8, 4) is 5.75 Å². The second-order valence-electron chi connectivity index (χ2n) is 8.64. The maximum atomic E-state index is 12.2. The first-order chi connectivity index (χ1) is 15.8. The Hall–Kier alpha value is -2.74. The molecule has 0 spiro atoms. The maximum Gasteiger partial charge on any atom is 0.163 e. The van der Waals surface area contributed by atoms with Crippen LogP contribution in [-0.4, -0.2) is 61.0 Å². The van der Waals surface area contributed by atoms with Crippen LogP contribution in [0.2, 0.25) is 0 Å². The van der Waals surface area contributed by atoms with Crippen molar-refractivity contribution in [2.24, 2.45) is 0 Å². The number of carbonyl (C=O) groups is 1. The molecule has 1 N–H and O–H groups in total. The lowest BCUT2D eigenvalue weighted by atomic mass is 10.0. The van der Waals surface area contributed by atoms with E-state index in [2.05, 4.69) is 23.1 Å². The number of aliphatic hydroxyl groups is 1. The molecule has 2 atom stereocenters. The predicted octanol–water partition coefficient (Wildman–Crippen LogP) is 3.47. The number of fused-ring (bicyclic) bond motifs is 1. The van der Waals surface area contributed by atoms with Gasteiger partial charge in [0.2, 0.25) is 0 Å². The smallest absolute Gasteiger partial charge is 0.163 e. The van der Waals surface area contributed by atoms with Crippen molar-refractivity contribution in [2.45, 2.75) is 32.0 Å². The molecule has 6 nitrogen and oxygen atoms in total. The van der Waals surface area contributed by atoms with E-state index in [9.17, 15) is 18.3 Å². The van der Waals surface area contributed by atoms with E-state index in [4.69, 9.17) is 4.74 Å². The predicted molar refractivity (Wildman–Crippen MR) is 129 cm³/mol. The van der Waals surface area contributed by atoms with Crippen LogP contribution < -0.4 is 4.74 Å². The number of hydrogen-bond donors (Lipinski definition) is 1. The van der Waals surface area contributed by atoms with Crippen molar-refractivity contribution in [1.29, 1.82) is 0 Å². The fraction of sp³-hybridized carbons (Fsp3) is 0.346. The highest BCUT2D eigenvalue weighted by Gasteiger charge is 2.33. The molecule has 1 saturated heterocycles. The molecule has 1 aliphatic heterocycles. The van der Waals surface area contributed by atoms with Gasteiger partial charge in [-0.25, -0.2) is 8.42 Å². The van der Waals surface area contributed by atoms with Gasteiger partial charge in [0.1, 0.15) is 18.5 Å². The topological polar surface area (TPSA) is 83.9 Å². The SMILES string of the molecule is CC(=O)c1ccccc1OCC(O)CN(Cc1cccc2ccccc12)C1CCS(=O)(=O)C1. The summed E-state index contributed by atoms with van der Waals surface area (Å²) in [7, 11) is -3.07. The Morgan fingerprint density at radius 3 is 2.58 bits per heavy atom. The quantitative estimate of drug-likeness (QED) is 0.485. The van der Waals surface area contributed by atoms with Gasteiger partial charge in [-0.15, -0.1) is 0 Å². The third-order valence-corrected chi connectivity index (χ3v) is 7.87. The summed E-state index contributed by atoms with van der Waals surface area (Å²) in [6.07, 6.45) is -0.295. The molecule has 4 rings (SSSR count). The monoisotopic (exact) mass is 467 g/mol. The number of aliphatic hydroxyl groups excluding tert-OH is 1. The van der Waals surface area contributed by atoms with Crippen LogP contribution in [0.3, 0.4) is 0 Å². The van der Waals surface area contributed by atoms with Gasteiger partial charge in [0, 0.05) is 19.1 Å². The van der Waals surface area contributed by atoms with Crippen LogP contribution in [0.4, 0.5) is 0 Å². The molecule has 0 aliphatic carbocycles. The van der Waals surface area contributed by atoms with Crippen LogP contribution >= 0.6 is 0 Å². The number of rotatable bonds is 9. The van der Waals surface area contributed by atoms with Gasteiger partial charge in [-0.05, 0) is 41.8 Å². The van der Waals surface area contributed by atoms with E-state index in [1.807, 2.05) is 24.3 Å². The van der Waals surface area contributed by atoms with Crippen LogP contribution in [0.1, 0.15) is 29.3 Å². The lowest BCUT2D eigenvalue weighted by Crippen LogP contribution is -2.42. The minimum Gasteiger partial charge on any atom is -0.490 e. The Morgan fingerprint density at radius 2 is 1.82 bits per heavy atom. The van der Waals surface area contributed by atoms with Gasteiger partial charge in [-0.2, -0.15) is 0 Å². The molecule has 0 radical (unpaired) electrons. The summed E-state index contributed by atoms with van der Waals surface area (Å²) in [5, 5.41) is 13.0. The summed E-state index contributed by atoms with van der Waals surface area (Å²) in [6.45, 7) is 2.29. The summed E-state index contributed by atoms with van der Waals surface area (Å²) in [6, 6.07) is 21.0. The minimum atomic E-state index is -3.07. The van der Waals surface area contributed by atoms with Gasteiger partial charge < -0.3 is 9.84 Å². The molecule has 1 heterocycles. The largest absolute Gasteiger partial charge is 0.490 e. The first-order valence-corrected chi connectivity index (χ1v) is 13.0. The van der Waals surface area contributed by atoms with Crippen molar-refractivity contribution >= 4 is 26.4 Å². The number of ketones is 1. The van der Waals surface area contributed by atoms with E-state index in [1.165, 1.54) is 6.92 Å². The van der Waals surface area contributed by atoms with Crippen LogP contribution in [0, 0.1) is 0 Å². The Labute approximate surface area is 194 Å². The summed E-state index contributed by atoms with van der Waals surface area (Å²) in [4.78, 5) is 13.9. The molecule has 3 aromatic carbocycles. The molecule has 33 heavy (non-hydrogen) atoms. The van der Waals surface area contributed by atoms with Crippen LogP contribution in [0.15, 0.2) is 66.7 Å². The highest BCUT2D eigenvalue weighted by atomic mass is 32.2. The molecular weight excluding hydrogens is 438 g/mol. The molecule has 2 unspecified atom stereocenters. The Kier molecular flexibility index (Phi) is 7.12. The van der Waals surface area contributed by atoms with Gasteiger partial charge in [-0.3, -0.25) is 9.69 Å². The number of sulfone groups is 1. The zero-order valence-corrected chi connectivity index (χ0v) is 19.5. The summed E-state index contributed by atoms with van der Waals surface area (Å²) in [5.41, 5.74) is 1.56. The van der Waals surface area contributed by atoms with E-state index in [1.54, 1.807) is 24.3 Å². The fourth-order valence-corrected chi connectivity index (χ4v) is 6.21. The minimum absolute atomic E-state index is 0.00972. The summed E-state index contributed by atoms with van der Waals surface area (Å²) < 4.78 is 30.1. The normalized spacial score (nSPS) is 18.5. The average molecular weight is 468 g/mol. The van der Waals surface area contributed by atoms with Gasteiger partial charge >= 0.3 is 0 Å². The number of carbonyl (C=O) groups excluding carboxylic acids is 1. The third-order valence-electron chi connectivity index (χ3n) is 6.12. The van der Waals surface area contributed by atoms with Crippen molar-refractivity contribution in [3.05, 3.63) is 77.9 Å². The number of nitrogens with zero attached hydrogens (tertiary/aromatic N) is 1. The number of ether oxygens (including phenoxy) is 1. The molecule has 7 heteroatoms. The molecule has 0 bridgehead atoms. The molecule has 0 amide bonds. The summed E-state index contributed by atoms with van der Waals surface area (Å²) in [5.74, 6) is 0.600. The number of Topliss-reactive ketones (excluding diaryl/α,β-unsaturated/α-hetero) is 1. The Balaban J connectivity index is 1.51. The molecule has 3 aromatic rings. The van der Waals surface area contributed by atoms with Crippen molar-refractivity contribution in [2.75, 3.05) is 24.7 Å². The van der Waals surface area contributed by atoms with Gasteiger partial charge in [0.05, 0.1) is 17.1 Å². The average Bonchev–Trinajstić information content (AvgIpc) is 3.17. The van der Waals surface area contributed by atoms with E-state index in [-0.39, 0.29) is 36.5 Å². The fourth-order valence-electron chi connectivity index (χ4n) is 4.45. The molecule has 0 saturated carbocycles. The van der Waals surface area contributed by atoms with E-state index < -0.39 is 15.9 Å². The van der Waals surface area contributed by atoms with Crippen LogP contribution in [-0.2, 0) is 16.4 Å². The first kappa shape index (κ1) is 23.4. The van der Waals surface area contributed by atoms with Gasteiger partial charge in [0.15, 0.2) is 15.6 Å². The second kappa shape index (κ2) is 10.0. The lowest BCUT2D eigenvalue weighted by molar-refractivity contribution is 0.0522. The second-order valence-corrected chi connectivity index (χ2v) is 10.9. The Morgan fingerprint density at radius 1 is 1.09 bits per heavy atom. The molecule has 174 valence electrons. The first-order valence-electron chi connectivity index (χ1n) is 11.1. The van der Waals surface area contributed by atoms with Gasteiger partial charge in [-0.1, -0.05) is 54.6 Å². The zero-order valence-electron chi connectivity index (χ0n) is 18.7. The summed E-state index contributed by atoms with van der Waals surface area (Å²) >= 11 is 0. The molecule has 1 aliphatic rings. The van der Waals surface area contributed by atoms with E-state index in [0.29, 0.717) is 24.3 Å². The maximum absolute atomic E-state index is 12.2. The highest BCUT2D eigenvalue weighted by Crippen LogP contribution is 2.25.